The lowest BCUT2D eigenvalue weighted by Gasteiger charge is -2.40. The van der Waals surface area contributed by atoms with Crippen LogP contribution < -0.4 is 31.8 Å². The van der Waals surface area contributed by atoms with Gasteiger partial charge in [-0.2, -0.15) is 0 Å². The molecule has 6 rings (SSSR count). The van der Waals surface area contributed by atoms with Crippen molar-refractivity contribution in [3.05, 3.63) is 182 Å². The van der Waals surface area contributed by atoms with E-state index in [2.05, 4.69) is 153 Å². The molecule has 0 N–H and O–H groups in total. The van der Waals surface area contributed by atoms with E-state index in [9.17, 15) is 0 Å². The topological polar surface area (TPSA) is 17.1 Å². The molecular weight excluding hydrogens is 601 g/mol. The summed E-state index contributed by atoms with van der Waals surface area (Å²) in [6, 6.07) is 64.4. The van der Waals surface area contributed by atoms with Gasteiger partial charge in [0.1, 0.15) is 7.14 Å². The number of benzene rings is 6. The largest absolute Gasteiger partial charge is 0.314 e. The lowest BCUT2D eigenvalue weighted by molar-refractivity contribution is 0.482. The minimum Gasteiger partial charge on any atom is -0.314 e. The Bertz CT molecular complexity index is 1590. The Hall–Kier alpha value is -3.59. The maximum Gasteiger partial charge on any atom is 0.143 e. The Kier molecular flexibility index (Phi) is 10.2. The molecule has 4 heteroatoms. The molecule has 6 aromatic rings. The summed E-state index contributed by atoms with van der Waals surface area (Å²) >= 11 is 0. The number of hydrogen-bond donors (Lipinski definition) is 0. The van der Waals surface area contributed by atoms with Crippen LogP contribution in [0.4, 0.5) is 0 Å². The molecule has 0 heterocycles. The molecule has 0 radical (unpaired) electrons. The zero-order chi connectivity index (χ0) is 31.0. The minimum atomic E-state index is -3.00. The first-order chi connectivity index (χ1) is 22.0. The monoisotopic (exact) mass is 640 g/mol. The smallest absolute Gasteiger partial charge is 0.143 e. The molecule has 0 saturated carbocycles. The Morgan fingerprint density at radius 1 is 0.422 bits per heavy atom. The van der Waals surface area contributed by atoms with E-state index in [1.807, 2.05) is 36.4 Å². The normalized spacial score (nSPS) is 12.0. The molecule has 0 bridgehead atoms. The molecule has 224 valence electrons. The van der Waals surface area contributed by atoms with Crippen LogP contribution in [-0.2, 0) is 4.57 Å². The first kappa shape index (κ1) is 31.4. The van der Waals surface area contributed by atoms with Gasteiger partial charge in [-0.3, -0.25) is 0 Å². The zero-order valence-electron chi connectivity index (χ0n) is 25.7. The van der Waals surface area contributed by atoms with Crippen LogP contribution in [0.25, 0.3) is 0 Å². The van der Waals surface area contributed by atoms with Crippen LogP contribution in [-0.4, -0.2) is 18.5 Å². The van der Waals surface area contributed by atoms with Gasteiger partial charge in [-0.1, -0.05) is 189 Å². The van der Waals surface area contributed by atoms with E-state index in [-0.39, 0.29) is 5.41 Å². The molecule has 6 aromatic carbocycles. The molecule has 0 aliphatic carbocycles. The minimum absolute atomic E-state index is 0.254. The SMILES string of the molecule is CC(CP(c1ccccc1)c1ccccc1)(CP(c1ccccc1)c1ccccc1)CP(=O)(c1ccccc1)c1ccccc1. The highest BCUT2D eigenvalue weighted by atomic mass is 31.2. The van der Waals surface area contributed by atoms with E-state index in [0.29, 0.717) is 6.16 Å². The summed E-state index contributed by atoms with van der Waals surface area (Å²) < 4.78 is 15.8. The molecule has 0 saturated heterocycles. The van der Waals surface area contributed by atoms with E-state index >= 15 is 4.57 Å². The van der Waals surface area contributed by atoms with Gasteiger partial charge in [0.2, 0.25) is 0 Å². The van der Waals surface area contributed by atoms with Gasteiger partial charge in [0.25, 0.3) is 0 Å². The summed E-state index contributed by atoms with van der Waals surface area (Å²) in [5.74, 6) is 0. The summed E-state index contributed by atoms with van der Waals surface area (Å²) in [7, 11) is -4.42. The van der Waals surface area contributed by atoms with Crippen molar-refractivity contribution in [2.24, 2.45) is 5.41 Å². The maximum atomic E-state index is 15.8. The molecule has 0 unspecified atom stereocenters. The predicted molar refractivity (Wildman–Crippen MR) is 201 cm³/mol. The molecule has 0 amide bonds. The lowest BCUT2D eigenvalue weighted by Crippen LogP contribution is -2.37. The van der Waals surface area contributed by atoms with E-state index < -0.39 is 23.0 Å². The predicted octanol–water partition coefficient (Wildman–Crippen LogP) is 8.27. The van der Waals surface area contributed by atoms with Crippen LogP contribution in [0.15, 0.2) is 182 Å². The summed E-state index contributed by atoms with van der Waals surface area (Å²) in [6.07, 6.45) is 2.49. The summed E-state index contributed by atoms with van der Waals surface area (Å²) in [4.78, 5) is 0. The van der Waals surface area contributed by atoms with Gasteiger partial charge < -0.3 is 4.57 Å². The molecule has 0 fully saturated rings. The molecule has 0 atom stereocenters. The van der Waals surface area contributed by atoms with Crippen molar-refractivity contribution in [3.63, 3.8) is 0 Å². The quantitative estimate of drug-likeness (QED) is 0.123. The van der Waals surface area contributed by atoms with E-state index in [1.165, 1.54) is 21.2 Å². The van der Waals surface area contributed by atoms with Crippen molar-refractivity contribution in [1.29, 1.82) is 0 Å². The van der Waals surface area contributed by atoms with E-state index in [0.717, 1.165) is 22.9 Å². The standard InChI is InChI=1S/C41H39OP3/c1-41(32-43(35-20-8-2-9-21-35)36-22-10-3-11-23-36,33-44(37-24-12-4-13-25-37)38-26-14-5-15-27-38)34-45(42,39-28-16-6-17-29-39)40-30-18-7-19-31-40/h2-31H,32-34H2,1H3. The van der Waals surface area contributed by atoms with Crippen molar-refractivity contribution in [1.82, 2.24) is 0 Å². The van der Waals surface area contributed by atoms with Gasteiger partial charge in [-0.15, -0.1) is 0 Å². The Labute approximate surface area is 271 Å². The van der Waals surface area contributed by atoms with Crippen molar-refractivity contribution in [3.8, 4) is 0 Å². The van der Waals surface area contributed by atoms with Gasteiger partial charge in [0.05, 0.1) is 0 Å². The number of hydrogen-bond acceptors (Lipinski definition) is 1. The zero-order valence-corrected chi connectivity index (χ0v) is 28.4. The third kappa shape index (κ3) is 7.63. The van der Waals surface area contributed by atoms with Gasteiger partial charge in [0.15, 0.2) is 0 Å². The Morgan fingerprint density at radius 3 is 0.933 bits per heavy atom. The highest BCUT2D eigenvalue weighted by molar-refractivity contribution is 7.79. The molecule has 1 nitrogen and oxygen atoms in total. The van der Waals surface area contributed by atoms with Crippen molar-refractivity contribution in [2.75, 3.05) is 18.5 Å². The molecule has 45 heavy (non-hydrogen) atoms. The number of rotatable bonds is 12. The second-order valence-corrected chi connectivity index (χ2v) is 19.1. The van der Waals surface area contributed by atoms with Crippen LogP contribution in [0, 0.1) is 5.41 Å². The molecule has 0 aromatic heterocycles. The molecule has 0 aliphatic heterocycles. The Balaban J connectivity index is 1.52. The second kappa shape index (κ2) is 14.7. The van der Waals surface area contributed by atoms with Gasteiger partial charge in [-0.25, -0.2) is 0 Å². The van der Waals surface area contributed by atoms with Gasteiger partial charge in [-0.05, 0) is 54.8 Å². The third-order valence-corrected chi connectivity index (χ3v) is 17.6. The van der Waals surface area contributed by atoms with E-state index in [4.69, 9.17) is 0 Å². The van der Waals surface area contributed by atoms with Gasteiger partial charge >= 0.3 is 0 Å². The molecule has 0 aliphatic rings. The van der Waals surface area contributed by atoms with Crippen LogP contribution >= 0.6 is 23.0 Å². The lowest BCUT2D eigenvalue weighted by atomic mass is 9.99. The van der Waals surface area contributed by atoms with Gasteiger partial charge in [0, 0.05) is 16.8 Å². The second-order valence-electron chi connectivity index (χ2n) is 11.9. The van der Waals surface area contributed by atoms with E-state index in [1.54, 1.807) is 0 Å². The summed E-state index contributed by atoms with van der Waals surface area (Å²) in [5, 5.41) is 7.33. The summed E-state index contributed by atoms with van der Waals surface area (Å²) in [6.45, 7) is 2.42. The van der Waals surface area contributed by atoms with Crippen LogP contribution in [0.3, 0.4) is 0 Å². The van der Waals surface area contributed by atoms with Crippen LogP contribution in [0.5, 0.6) is 0 Å². The summed E-state index contributed by atoms with van der Waals surface area (Å²) in [5.41, 5.74) is -0.254. The first-order valence-corrected chi connectivity index (χ1v) is 20.4. The van der Waals surface area contributed by atoms with Crippen molar-refractivity contribution in [2.45, 2.75) is 6.92 Å². The Morgan fingerprint density at radius 2 is 0.667 bits per heavy atom. The average molecular weight is 641 g/mol. The highest BCUT2D eigenvalue weighted by Gasteiger charge is 2.41. The molecule has 0 spiro atoms. The fraction of sp³-hybridized carbons (Fsp3) is 0.122. The maximum absolute atomic E-state index is 15.8. The highest BCUT2D eigenvalue weighted by Crippen LogP contribution is 2.55. The molecular formula is C41H39OP3. The van der Waals surface area contributed by atoms with Crippen molar-refractivity contribution < 1.29 is 4.57 Å². The average Bonchev–Trinajstić information content (AvgIpc) is 3.12. The third-order valence-electron chi connectivity index (χ3n) is 8.30. The fourth-order valence-corrected chi connectivity index (χ4v) is 15.4. The van der Waals surface area contributed by atoms with Crippen molar-refractivity contribution >= 4 is 54.8 Å². The van der Waals surface area contributed by atoms with Crippen LogP contribution in [0.1, 0.15) is 6.92 Å². The first-order valence-electron chi connectivity index (χ1n) is 15.5. The van der Waals surface area contributed by atoms with Crippen LogP contribution in [0.2, 0.25) is 0 Å². The fourth-order valence-electron chi connectivity index (χ4n) is 6.22.